The highest BCUT2D eigenvalue weighted by molar-refractivity contribution is 6.04. The monoisotopic (exact) mass is 312 g/mol. The summed E-state index contributed by atoms with van der Waals surface area (Å²) in [6.45, 7) is 8.21. The molecule has 0 spiro atoms. The Kier molecular flexibility index (Phi) is 5.68. The zero-order valence-corrected chi connectivity index (χ0v) is 14.2. The van der Waals surface area contributed by atoms with Crippen molar-refractivity contribution in [1.29, 1.82) is 0 Å². The smallest absolute Gasteiger partial charge is 0.274 e. The molecule has 0 fully saturated rings. The molecule has 2 rings (SSSR count). The number of carbonyl (C=O) groups is 1. The summed E-state index contributed by atoms with van der Waals surface area (Å²) < 4.78 is 0. The van der Waals surface area contributed by atoms with Gasteiger partial charge in [-0.2, -0.15) is 0 Å². The molecule has 1 amide bonds. The minimum absolute atomic E-state index is 0.213. The van der Waals surface area contributed by atoms with Gasteiger partial charge in [-0.1, -0.05) is 32.0 Å². The number of para-hydroxylation sites is 1. The fourth-order valence-corrected chi connectivity index (χ4v) is 2.44. The molecule has 2 N–H and O–H groups in total. The summed E-state index contributed by atoms with van der Waals surface area (Å²) in [5.74, 6) is 0.439. The van der Waals surface area contributed by atoms with Gasteiger partial charge in [-0.3, -0.25) is 4.79 Å². The van der Waals surface area contributed by atoms with Crippen LogP contribution < -0.4 is 10.6 Å². The second kappa shape index (κ2) is 7.72. The molecular formula is C18H24N4O. The predicted octanol–water partition coefficient (Wildman–Crippen LogP) is 3.67. The highest BCUT2D eigenvalue weighted by Crippen LogP contribution is 2.23. The predicted molar refractivity (Wildman–Crippen MR) is 93.9 cm³/mol. The number of rotatable bonds is 6. The minimum Gasteiger partial charge on any atom is -0.368 e. The lowest BCUT2D eigenvalue weighted by Crippen LogP contribution is -2.18. The third kappa shape index (κ3) is 4.28. The van der Waals surface area contributed by atoms with E-state index in [1.165, 1.54) is 6.33 Å². The molecular weight excluding hydrogens is 288 g/mol. The average Bonchev–Trinajstić information content (AvgIpc) is 2.54. The summed E-state index contributed by atoms with van der Waals surface area (Å²) in [6, 6.07) is 8.03. The van der Waals surface area contributed by atoms with Crippen LogP contribution in [-0.4, -0.2) is 21.9 Å². The normalized spacial score (nSPS) is 10.7. The van der Waals surface area contributed by atoms with Crippen LogP contribution in [0, 0.1) is 0 Å². The number of anilines is 2. The van der Waals surface area contributed by atoms with Crippen molar-refractivity contribution in [1.82, 2.24) is 9.97 Å². The molecule has 1 aromatic carbocycles. The number of benzene rings is 1. The Morgan fingerprint density at radius 3 is 2.35 bits per heavy atom. The van der Waals surface area contributed by atoms with E-state index >= 15 is 0 Å². The maximum Gasteiger partial charge on any atom is 0.274 e. The van der Waals surface area contributed by atoms with Gasteiger partial charge in [0.2, 0.25) is 0 Å². The second-order valence-electron chi connectivity index (χ2n) is 5.70. The fraction of sp³-hybridized carbons (Fsp3) is 0.389. The largest absolute Gasteiger partial charge is 0.368 e. The highest BCUT2D eigenvalue weighted by Gasteiger charge is 2.13. The topological polar surface area (TPSA) is 66.9 Å². The van der Waals surface area contributed by atoms with E-state index in [0.29, 0.717) is 11.5 Å². The number of aryl methyl sites for hydroxylation is 2. The zero-order valence-electron chi connectivity index (χ0n) is 14.2. The van der Waals surface area contributed by atoms with Crippen LogP contribution in [0.3, 0.4) is 0 Å². The van der Waals surface area contributed by atoms with E-state index in [1.54, 1.807) is 6.07 Å². The van der Waals surface area contributed by atoms with Crippen LogP contribution in [0.15, 0.2) is 30.6 Å². The molecule has 5 nitrogen and oxygen atoms in total. The Labute approximate surface area is 137 Å². The van der Waals surface area contributed by atoms with Crippen LogP contribution in [-0.2, 0) is 12.8 Å². The molecule has 0 aliphatic rings. The Balaban J connectivity index is 2.26. The summed E-state index contributed by atoms with van der Waals surface area (Å²) in [5.41, 5.74) is 3.52. The van der Waals surface area contributed by atoms with Crippen LogP contribution in [0.4, 0.5) is 11.5 Å². The van der Waals surface area contributed by atoms with E-state index in [-0.39, 0.29) is 11.9 Å². The van der Waals surface area contributed by atoms with Gasteiger partial charge in [0.1, 0.15) is 17.8 Å². The molecule has 1 aromatic heterocycles. The first-order valence-electron chi connectivity index (χ1n) is 8.05. The molecule has 0 unspecified atom stereocenters. The third-order valence-electron chi connectivity index (χ3n) is 3.57. The van der Waals surface area contributed by atoms with Crippen molar-refractivity contribution < 1.29 is 4.79 Å². The first-order valence-corrected chi connectivity index (χ1v) is 8.05. The van der Waals surface area contributed by atoms with E-state index in [2.05, 4.69) is 34.4 Å². The van der Waals surface area contributed by atoms with Gasteiger partial charge in [0, 0.05) is 17.8 Å². The fourth-order valence-electron chi connectivity index (χ4n) is 2.44. The van der Waals surface area contributed by atoms with Crippen LogP contribution >= 0.6 is 0 Å². The lowest BCUT2D eigenvalue weighted by molar-refractivity contribution is 0.102. The molecule has 2 aromatic rings. The second-order valence-corrected chi connectivity index (χ2v) is 5.70. The van der Waals surface area contributed by atoms with Crippen molar-refractivity contribution >= 4 is 17.4 Å². The van der Waals surface area contributed by atoms with Crippen LogP contribution in [0.1, 0.15) is 49.3 Å². The molecule has 0 aliphatic carbocycles. The van der Waals surface area contributed by atoms with Gasteiger partial charge >= 0.3 is 0 Å². The van der Waals surface area contributed by atoms with Gasteiger partial charge in [0.15, 0.2) is 0 Å². The molecule has 5 heteroatoms. The SMILES string of the molecule is CCc1cccc(CC)c1NC(=O)c1cc(NC(C)C)ncn1. The number of aromatic nitrogens is 2. The summed E-state index contributed by atoms with van der Waals surface area (Å²) in [6.07, 6.45) is 3.15. The maximum absolute atomic E-state index is 12.6. The third-order valence-corrected chi connectivity index (χ3v) is 3.57. The van der Waals surface area contributed by atoms with Gasteiger partial charge in [-0.05, 0) is 37.8 Å². The molecule has 0 saturated carbocycles. The van der Waals surface area contributed by atoms with Crippen molar-refractivity contribution in [3.05, 3.63) is 47.4 Å². The Morgan fingerprint density at radius 2 is 1.78 bits per heavy atom. The number of carbonyl (C=O) groups excluding carboxylic acids is 1. The first-order chi connectivity index (χ1) is 11.0. The molecule has 0 aliphatic heterocycles. The number of hydrogen-bond donors (Lipinski definition) is 2. The molecule has 0 radical (unpaired) electrons. The van der Waals surface area contributed by atoms with E-state index in [0.717, 1.165) is 29.7 Å². The number of hydrogen-bond acceptors (Lipinski definition) is 4. The summed E-state index contributed by atoms with van der Waals surface area (Å²) in [7, 11) is 0. The lowest BCUT2D eigenvalue weighted by atomic mass is 10.0. The van der Waals surface area contributed by atoms with Crippen molar-refractivity contribution in [3.8, 4) is 0 Å². The van der Waals surface area contributed by atoms with Crippen LogP contribution in [0.2, 0.25) is 0 Å². The van der Waals surface area contributed by atoms with Crippen LogP contribution in [0.25, 0.3) is 0 Å². The molecule has 122 valence electrons. The van der Waals surface area contributed by atoms with E-state index in [9.17, 15) is 4.79 Å². The van der Waals surface area contributed by atoms with E-state index in [1.807, 2.05) is 32.0 Å². The first kappa shape index (κ1) is 16.9. The summed E-state index contributed by atoms with van der Waals surface area (Å²) >= 11 is 0. The van der Waals surface area contributed by atoms with E-state index < -0.39 is 0 Å². The minimum atomic E-state index is -0.213. The van der Waals surface area contributed by atoms with Gasteiger partial charge < -0.3 is 10.6 Å². The molecule has 0 saturated heterocycles. The van der Waals surface area contributed by atoms with Gasteiger partial charge in [-0.25, -0.2) is 9.97 Å². The van der Waals surface area contributed by atoms with Gasteiger partial charge in [0.05, 0.1) is 0 Å². The van der Waals surface area contributed by atoms with Crippen LogP contribution in [0.5, 0.6) is 0 Å². The maximum atomic E-state index is 12.6. The summed E-state index contributed by atoms with van der Waals surface area (Å²) in [4.78, 5) is 20.8. The quantitative estimate of drug-likeness (QED) is 0.854. The molecule has 1 heterocycles. The standard InChI is InChI=1S/C18H24N4O/c1-5-13-8-7-9-14(6-2)17(13)22-18(23)15-10-16(20-11-19-15)21-12(3)4/h7-12H,5-6H2,1-4H3,(H,22,23)(H,19,20,21). The number of amides is 1. The van der Waals surface area contributed by atoms with Crippen molar-refractivity contribution in [2.75, 3.05) is 10.6 Å². The zero-order chi connectivity index (χ0) is 16.8. The molecule has 23 heavy (non-hydrogen) atoms. The highest BCUT2D eigenvalue weighted by atomic mass is 16.1. The van der Waals surface area contributed by atoms with Crippen molar-refractivity contribution in [3.63, 3.8) is 0 Å². The molecule has 0 bridgehead atoms. The van der Waals surface area contributed by atoms with Crippen molar-refractivity contribution in [2.24, 2.45) is 0 Å². The van der Waals surface area contributed by atoms with E-state index in [4.69, 9.17) is 0 Å². The average molecular weight is 312 g/mol. The number of nitrogens with zero attached hydrogens (tertiary/aromatic N) is 2. The van der Waals surface area contributed by atoms with Gasteiger partial charge in [-0.15, -0.1) is 0 Å². The molecule has 0 atom stereocenters. The van der Waals surface area contributed by atoms with Crippen molar-refractivity contribution in [2.45, 2.75) is 46.6 Å². The van der Waals surface area contributed by atoms with Gasteiger partial charge in [0.25, 0.3) is 5.91 Å². The number of nitrogens with one attached hydrogen (secondary N) is 2. The Hall–Kier alpha value is -2.43. The Morgan fingerprint density at radius 1 is 1.13 bits per heavy atom. The lowest BCUT2D eigenvalue weighted by Gasteiger charge is -2.14. The summed E-state index contributed by atoms with van der Waals surface area (Å²) in [5, 5.41) is 6.20. The Bertz CT molecular complexity index is 660.